The van der Waals surface area contributed by atoms with Gasteiger partial charge in [0.1, 0.15) is 28.6 Å². The highest BCUT2D eigenvalue weighted by molar-refractivity contribution is 5.88. The lowest BCUT2D eigenvalue weighted by atomic mass is 9.98. The first-order valence-electron chi connectivity index (χ1n) is 12.3. The van der Waals surface area contributed by atoms with Gasteiger partial charge >= 0.3 is 17.9 Å². The summed E-state index contributed by atoms with van der Waals surface area (Å²) in [6, 6.07) is 5.25. The summed E-state index contributed by atoms with van der Waals surface area (Å²) in [6.45, 7) is 2.28. The van der Waals surface area contributed by atoms with Crippen molar-refractivity contribution in [1.82, 2.24) is 0 Å². The first-order chi connectivity index (χ1) is 19.8. The molecular formula is C27H26O15. The third-order valence-corrected chi connectivity index (χ3v) is 6.07. The molecule has 5 N–H and O–H groups in total. The minimum absolute atomic E-state index is 0.0324. The summed E-state index contributed by atoms with van der Waals surface area (Å²) in [4.78, 5) is 49.6. The van der Waals surface area contributed by atoms with Crippen LogP contribution in [0.25, 0.3) is 22.3 Å². The molecule has 3 aromatic rings. The Labute approximate surface area is 236 Å². The highest BCUT2D eigenvalue weighted by atomic mass is 16.7. The van der Waals surface area contributed by atoms with Gasteiger partial charge in [0.2, 0.25) is 23.6 Å². The standard InChI is InChI=1S/C27H26O15/c1-10(29)37-23-19(9-28)41-27(26(39-12(3)31)25(23)38-11(2)30)42-24-21(36)20-17(35)7-14(32)8-18(20)40-22(24)13-4-5-15(33)16(34)6-13/h4-8,19,23,25-28,32-35H,9H2,1-3H3. The maximum absolute atomic E-state index is 13.7. The molecule has 0 radical (unpaired) electrons. The molecule has 15 heteroatoms. The number of aliphatic hydroxyl groups excluding tert-OH is 1. The number of benzene rings is 2. The Hall–Kier alpha value is -5.02. The molecule has 0 saturated carbocycles. The lowest BCUT2D eigenvalue weighted by molar-refractivity contribution is -0.288. The van der Waals surface area contributed by atoms with Crippen molar-refractivity contribution < 1.29 is 68.0 Å². The number of hydrogen-bond donors (Lipinski definition) is 5. The summed E-state index contributed by atoms with van der Waals surface area (Å²) in [5.74, 6) is -5.97. The van der Waals surface area contributed by atoms with Gasteiger partial charge in [-0.25, -0.2) is 0 Å². The van der Waals surface area contributed by atoms with Gasteiger partial charge < -0.3 is 53.6 Å². The van der Waals surface area contributed by atoms with Crippen LogP contribution < -0.4 is 10.2 Å². The van der Waals surface area contributed by atoms with Crippen LogP contribution in [-0.2, 0) is 33.3 Å². The SMILES string of the molecule is CC(=O)OC1C(CO)OC(Oc2c(-c3ccc(O)c(O)c3)oc3cc(O)cc(O)c3c2=O)C(OC(C)=O)C1OC(C)=O. The fraction of sp³-hybridized carbons (Fsp3) is 0.333. The second kappa shape index (κ2) is 11.8. The molecule has 1 aliphatic rings. The lowest BCUT2D eigenvalue weighted by Crippen LogP contribution is -2.63. The van der Waals surface area contributed by atoms with Gasteiger partial charge in [-0.3, -0.25) is 19.2 Å². The van der Waals surface area contributed by atoms with Gasteiger partial charge in [0.25, 0.3) is 0 Å². The van der Waals surface area contributed by atoms with E-state index in [4.69, 9.17) is 28.1 Å². The molecule has 1 aliphatic heterocycles. The lowest BCUT2D eigenvalue weighted by Gasteiger charge is -2.43. The molecule has 0 spiro atoms. The van der Waals surface area contributed by atoms with Crippen LogP contribution in [0, 0.1) is 0 Å². The van der Waals surface area contributed by atoms with Gasteiger partial charge in [-0.05, 0) is 18.2 Å². The minimum atomic E-state index is -1.83. The molecule has 1 saturated heterocycles. The van der Waals surface area contributed by atoms with Crippen molar-refractivity contribution in [2.24, 2.45) is 0 Å². The van der Waals surface area contributed by atoms with Crippen LogP contribution in [0.2, 0.25) is 0 Å². The van der Waals surface area contributed by atoms with Crippen LogP contribution in [0.4, 0.5) is 0 Å². The first-order valence-corrected chi connectivity index (χ1v) is 12.3. The maximum Gasteiger partial charge on any atom is 0.303 e. The van der Waals surface area contributed by atoms with Gasteiger partial charge in [0, 0.05) is 38.5 Å². The Morgan fingerprint density at radius 2 is 1.43 bits per heavy atom. The van der Waals surface area contributed by atoms with E-state index in [1.807, 2.05) is 0 Å². The number of ether oxygens (including phenoxy) is 5. The Morgan fingerprint density at radius 3 is 2.02 bits per heavy atom. The number of aliphatic hydroxyl groups is 1. The number of aromatic hydroxyl groups is 4. The Kier molecular flexibility index (Phi) is 8.44. The molecule has 5 unspecified atom stereocenters. The van der Waals surface area contributed by atoms with E-state index < -0.39 is 101 Å². The number of hydrogen-bond acceptors (Lipinski definition) is 15. The van der Waals surface area contributed by atoms with E-state index >= 15 is 0 Å². The maximum atomic E-state index is 13.7. The monoisotopic (exact) mass is 590 g/mol. The fourth-order valence-corrected chi connectivity index (χ4v) is 4.44. The summed E-state index contributed by atoms with van der Waals surface area (Å²) in [7, 11) is 0. The summed E-state index contributed by atoms with van der Waals surface area (Å²) in [6.07, 6.45) is -8.01. The second-order valence-corrected chi connectivity index (χ2v) is 9.20. The average molecular weight is 590 g/mol. The van der Waals surface area contributed by atoms with Crippen LogP contribution in [0.3, 0.4) is 0 Å². The molecule has 1 fully saturated rings. The molecule has 4 rings (SSSR count). The number of carbonyl (C=O) groups is 3. The van der Waals surface area contributed by atoms with Crippen LogP contribution in [0.1, 0.15) is 20.8 Å². The van der Waals surface area contributed by atoms with Gasteiger partial charge in [-0.1, -0.05) is 0 Å². The summed E-state index contributed by atoms with van der Waals surface area (Å²) in [5.41, 5.74) is -1.35. The predicted molar refractivity (Wildman–Crippen MR) is 138 cm³/mol. The smallest absolute Gasteiger partial charge is 0.303 e. The molecular weight excluding hydrogens is 564 g/mol. The fourth-order valence-electron chi connectivity index (χ4n) is 4.44. The summed E-state index contributed by atoms with van der Waals surface area (Å²) < 4.78 is 33.2. The van der Waals surface area contributed by atoms with Crippen LogP contribution in [0.15, 0.2) is 39.5 Å². The summed E-state index contributed by atoms with van der Waals surface area (Å²) >= 11 is 0. The number of esters is 3. The highest BCUT2D eigenvalue weighted by Crippen LogP contribution is 2.40. The molecule has 5 atom stereocenters. The molecule has 2 aromatic carbocycles. The van der Waals surface area contributed by atoms with E-state index in [2.05, 4.69) is 0 Å². The number of carbonyl (C=O) groups excluding carboxylic acids is 3. The Bertz CT molecular complexity index is 1590. The molecule has 0 aliphatic carbocycles. The molecule has 42 heavy (non-hydrogen) atoms. The molecule has 15 nitrogen and oxygen atoms in total. The Morgan fingerprint density at radius 1 is 0.810 bits per heavy atom. The largest absolute Gasteiger partial charge is 0.508 e. The van der Waals surface area contributed by atoms with Crippen molar-refractivity contribution in [2.45, 2.75) is 51.5 Å². The molecule has 1 aromatic heterocycles. The van der Waals surface area contributed by atoms with Gasteiger partial charge in [-0.15, -0.1) is 0 Å². The molecule has 224 valence electrons. The van der Waals surface area contributed by atoms with Crippen molar-refractivity contribution in [1.29, 1.82) is 0 Å². The van der Waals surface area contributed by atoms with E-state index in [0.29, 0.717) is 0 Å². The third kappa shape index (κ3) is 6.01. The first kappa shape index (κ1) is 30.0. The number of phenols is 4. The highest BCUT2D eigenvalue weighted by Gasteiger charge is 2.53. The minimum Gasteiger partial charge on any atom is -0.508 e. The van der Waals surface area contributed by atoms with E-state index in [1.54, 1.807) is 0 Å². The van der Waals surface area contributed by atoms with E-state index in [1.165, 1.54) is 6.07 Å². The third-order valence-electron chi connectivity index (χ3n) is 6.07. The number of phenolic OH excluding ortho intramolecular Hbond substituents is 4. The van der Waals surface area contributed by atoms with E-state index in [-0.39, 0.29) is 11.1 Å². The van der Waals surface area contributed by atoms with Crippen LogP contribution in [-0.4, -0.2) is 80.8 Å². The number of rotatable bonds is 7. The molecule has 2 heterocycles. The van der Waals surface area contributed by atoms with Crippen LogP contribution in [0.5, 0.6) is 28.7 Å². The van der Waals surface area contributed by atoms with E-state index in [9.17, 15) is 44.7 Å². The molecule has 0 bridgehead atoms. The molecule has 0 amide bonds. The zero-order valence-corrected chi connectivity index (χ0v) is 22.3. The Balaban J connectivity index is 1.93. The topological polar surface area (TPSA) is 229 Å². The van der Waals surface area contributed by atoms with Gasteiger partial charge in [0.15, 0.2) is 29.5 Å². The van der Waals surface area contributed by atoms with Crippen molar-refractivity contribution >= 4 is 28.9 Å². The van der Waals surface area contributed by atoms with Gasteiger partial charge in [-0.2, -0.15) is 0 Å². The average Bonchev–Trinajstić information content (AvgIpc) is 2.88. The summed E-state index contributed by atoms with van der Waals surface area (Å²) in [5, 5.41) is 49.8. The normalized spacial score (nSPS) is 21.9. The van der Waals surface area contributed by atoms with Gasteiger partial charge in [0.05, 0.1) is 6.61 Å². The number of fused-ring (bicyclic) bond motifs is 1. The van der Waals surface area contributed by atoms with Crippen molar-refractivity contribution in [3.63, 3.8) is 0 Å². The second-order valence-electron chi connectivity index (χ2n) is 9.20. The van der Waals surface area contributed by atoms with Crippen molar-refractivity contribution in [3.05, 3.63) is 40.6 Å². The predicted octanol–water partition coefficient (Wildman–Crippen LogP) is 1.17. The van der Waals surface area contributed by atoms with Crippen molar-refractivity contribution in [3.8, 4) is 40.1 Å². The van der Waals surface area contributed by atoms with Crippen molar-refractivity contribution in [2.75, 3.05) is 6.61 Å². The van der Waals surface area contributed by atoms with E-state index in [0.717, 1.165) is 45.0 Å². The zero-order valence-electron chi connectivity index (χ0n) is 22.3. The quantitative estimate of drug-likeness (QED) is 0.148. The zero-order chi connectivity index (χ0) is 30.9. The van der Waals surface area contributed by atoms with Crippen LogP contribution >= 0.6 is 0 Å².